The summed E-state index contributed by atoms with van der Waals surface area (Å²) in [5, 5.41) is 0. The van der Waals surface area contributed by atoms with Crippen LogP contribution in [0.3, 0.4) is 0 Å². The van der Waals surface area contributed by atoms with Crippen molar-refractivity contribution in [3.8, 4) is 0 Å². The number of para-hydroxylation sites is 1. The van der Waals surface area contributed by atoms with Gasteiger partial charge in [-0.05, 0) is 30.9 Å². The van der Waals surface area contributed by atoms with E-state index < -0.39 is 10.0 Å². The second kappa shape index (κ2) is 6.79. The molecule has 4 nitrogen and oxygen atoms in total. The molecule has 2 rings (SSSR count). The topological polar surface area (TPSA) is 40.6 Å². The number of nitrogens with zero attached hydrogens (tertiary/aromatic N) is 2. The Hall–Kier alpha value is -1.07. The van der Waals surface area contributed by atoms with E-state index in [0.29, 0.717) is 19.5 Å². The minimum Gasteiger partial charge on any atom is -0.368 e. The number of benzene rings is 1. The van der Waals surface area contributed by atoms with Gasteiger partial charge in [-0.1, -0.05) is 32.0 Å². The molecule has 0 saturated carbocycles. The van der Waals surface area contributed by atoms with E-state index in [2.05, 4.69) is 36.9 Å². The molecule has 0 amide bonds. The minimum absolute atomic E-state index is 0.261. The van der Waals surface area contributed by atoms with Crippen molar-refractivity contribution in [2.75, 3.05) is 36.8 Å². The monoisotopic (exact) mass is 310 g/mol. The van der Waals surface area contributed by atoms with Gasteiger partial charge >= 0.3 is 0 Å². The highest BCUT2D eigenvalue weighted by molar-refractivity contribution is 7.89. The molecule has 5 heteroatoms. The van der Waals surface area contributed by atoms with Crippen molar-refractivity contribution in [1.82, 2.24) is 4.31 Å². The van der Waals surface area contributed by atoms with Crippen LogP contribution in [0, 0.1) is 6.92 Å². The minimum atomic E-state index is -3.06. The van der Waals surface area contributed by atoms with Gasteiger partial charge < -0.3 is 4.90 Å². The Morgan fingerprint density at radius 2 is 1.76 bits per heavy atom. The molecule has 1 aliphatic heterocycles. The van der Waals surface area contributed by atoms with Gasteiger partial charge in [0, 0.05) is 31.9 Å². The fourth-order valence-electron chi connectivity index (χ4n) is 3.03. The molecule has 1 aromatic carbocycles. The van der Waals surface area contributed by atoms with Crippen molar-refractivity contribution < 1.29 is 8.42 Å². The van der Waals surface area contributed by atoms with Crippen LogP contribution in [0.2, 0.25) is 0 Å². The quantitative estimate of drug-likeness (QED) is 0.838. The lowest BCUT2D eigenvalue weighted by Gasteiger charge is -2.37. The van der Waals surface area contributed by atoms with Crippen LogP contribution in [-0.4, -0.2) is 44.7 Å². The standard InChI is InChI=1S/C16H26N2O2S/c1-4-13-21(19,20)18-11-9-17(10-12-18)16-14(3)7-6-8-15(16)5-2/h6-8H,4-5,9-13H2,1-3H3. The molecular weight excluding hydrogens is 284 g/mol. The second-order valence-corrected chi connectivity index (χ2v) is 7.73. The highest BCUT2D eigenvalue weighted by Crippen LogP contribution is 2.27. The maximum Gasteiger partial charge on any atom is 0.214 e. The third kappa shape index (κ3) is 3.58. The van der Waals surface area contributed by atoms with Crippen LogP contribution in [0.15, 0.2) is 18.2 Å². The Bertz CT molecular complexity index is 576. The lowest BCUT2D eigenvalue weighted by atomic mass is 10.0. The van der Waals surface area contributed by atoms with Crippen LogP contribution in [0.4, 0.5) is 5.69 Å². The van der Waals surface area contributed by atoms with Crippen molar-refractivity contribution in [2.45, 2.75) is 33.6 Å². The van der Waals surface area contributed by atoms with E-state index >= 15 is 0 Å². The van der Waals surface area contributed by atoms with Crippen LogP contribution in [0.1, 0.15) is 31.4 Å². The van der Waals surface area contributed by atoms with Crippen molar-refractivity contribution in [1.29, 1.82) is 0 Å². The van der Waals surface area contributed by atoms with Gasteiger partial charge in [-0.2, -0.15) is 4.31 Å². The Morgan fingerprint density at radius 3 is 2.33 bits per heavy atom. The normalized spacial score (nSPS) is 17.2. The first-order valence-corrected chi connectivity index (χ1v) is 9.41. The Labute approximate surface area is 128 Å². The van der Waals surface area contributed by atoms with Gasteiger partial charge in [-0.25, -0.2) is 8.42 Å². The number of aryl methyl sites for hydroxylation is 2. The molecule has 21 heavy (non-hydrogen) atoms. The molecule has 0 radical (unpaired) electrons. The van der Waals surface area contributed by atoms with E-state index in [-0.39, 0.29) is 5.75 Å². The lowest BCUT2D eigenvalue weighted by molar-refractivity contribution is 0.384. The van der Waals surface area contributed by atoms with Crippen LogP contribution >= 0.6 is 0 Å². The third-order valence-corrected chi connectivity index (χ3v) is 6.19. The molecule has 1 fully saturated rings. The van der Waals surface area contributed by atoms with E-state index in [1.807, 2.05) is 6.92 Å². The SMILES string of the molecule is CCCS(=O)(=O)N1CCN(c2c(C)cccc2CC)CC1. The summed E-state index contributed by atoms with van der Waals surface area (Å²) in [5.41, 5.74) is 3.92. The summed E-state index contributed by atoms with van der Waals surface area (Å²) in [4.78, 5) is 2.34. The molecule has 1 aliphatic rings. The number of sulfonamides is 1. The first kappa shape index (κ1) is 16.3. The van der Waals surface area contributed by atoms with Crippen LogP contribution in [-0.2, 0) is 16.4 Å². The number of hydrogen-bond donors (Lipinski definition) is 0. The molecular formula is C16H26N2O2S. The number of piperazine rings is 1. The maximum atomic E-state index is 12.1. The zero-order chi connectivity index (χ0) is 15.5. The fourth-order valence-corrected chi connectivity index (χ4v) is 4.53. The Morgan fingerprint density at radius 1 is 1.10 bits per heavy atom. The third-order valence-electron chi connectivity index (χ3n) is 4.11. The molecule has 1 heterocycles. The number of anilines is 1. The average molecular weight is 310 g/mol. The summed E-state index contributed by atoms with van der Waals surface area (Å²) in [5.74, 6) is 0.261. The molecule has 0 aliphatic carbocycles. The molecule has 1 aromatic rings. The van der Waals surface area contributed by atoms with Gasteiger partial charge in [0.1, 0.15) is 0 Å². The molecule has 0 atom stereocenters. The lowest BCUT2D eigenvalue weighted by Crippen LogP contribution is -2.49. The molecule has 0 spiro atoms. The van der Waals surface area contributed by atoms with Crippen LogP contribution < -0.4 is 4.90 Å². The summed E-state index contributed by atoms with van der Waals surface area (Å²) in [7, 11) is -3.06. The zero-order valence-electron chi connectivity index (χ0n) is 13.3. The van der Waals surface area contributed by atoms with Gasteiger partial charge in [-0.3, -0.25) is 0 Å². The van der Waals surface area contributed by atoms with Crippen molar-refractivity contribution in [2.24, 2.45) is 0 Å². The molecule has 0 aromatic heterocycles. The molecule has 0 N–H and O–H groups in total. The Kier molecular flexibility index (Phi) is 5.27. The predicted octanol–water partition coefficient (Wildman–Crippen LogP) is 2.42. The van der Waals surface area contributed by atoms with Gasteiger partial charge in [0.2, 0.25) is 10.0 Å². The molecule has 1 saturated heterocycles. The van der Waals surface area contributed by atoms with E-state index in [9.17, 15) is 8.42 Å². The second-order valence-electron chi connectivity index (χ2n) is 5.64. The first-order valence-electron chi connectivity index (χ1n) is 7.80. The summed E-state index contributed by atoms with van der Waals surface area (Å²) >= 11 is 0. The van der Waals surface area contributed by atoms with Crippen molar-refractivity contribution in [3.63, 3.8) is 0 Å². The predicted molar refractivity (Wildman–Crippen MR) is 88.4 cm³/mol. The van der Waals surface area contributed by atoms with Crippen LogP contribution in [0.5, 0.6) is 0 Å². The summed E-state index contributed by atoms with van der Waals surface area (Å²) in [6.07, 6.45) is 1.69. The summed E-state index contributed by atoms with van der Waals surface area (Å²) in [6.45, 7) is 8.96. The number of rotatable bonds is 5. The van der Waals surface area contributed by atoms with Crippen molar-refractivity contribution in [3.05, 3.63) is 29.3 Å². The van der Waals surface area contributed by atoms with Gasteiger partial charge in [0.05, 0.1) is 5.75 Å². The maximum absolute atomic E-state index is 12.1. The van der Waals surface area contributed by atoms with E-state index in [0.717, 1.165) is 19.5 Å². The van der Waals surface area contributed by atoms with E-state index in [1.165, 1.54) is 16.8 Å². The highest BCUT2D eigenvalue weighted by Gasteiger charge is 2.27. The smallest absolute Gasteiger partial charge is 0.214 e. The van der Waals surface area contributed by atoms with E-state index in [4.69, 9.17) is 0 Å². The Balaban J connectivity index is 2.12. The molecule has 0 bridgehead atoms. The average Bonchev–Trinajstić information content (AvgIpc) is 2.47. The molecule has 0 unspecified atom stereocenters. The fraction of sp³-hybridized carbons (Fsp3) is 0.625. The van der Waals surface area contributed by atoms with Gasteiger partial charge in [-0.15, -0.1) is 0 Å². The summed E-state index contributed by atoms with van der Waals surface area (Å²) in [6, 6.07) is 6.40. The first-order chi connectivity index (χ1) is 9.99. The summed E-state index contributed by atoms with van der Waals surface area (Å²) < 4.78 is 25.9. The number of hydrogen-bond acceptors (Lipinski definition) is 3. The van der Waals surface area contributed by atoms with Crippen LogP contribution in [0.25, 0.3) is 0 Å². The van der Waals surface area contributed by atoms with Gasteiger partial charge in [0.15, 0.2) is 0 Å². The van der Waals surface area contributed by atoms with Crippen molar-refractivity contribution >= 4 is 15.7 Å². The highest BCUT2D eigenvalue weighted by atomic mass is 32.2. The van der Waals surface area contributed by atoms with Gasteiger partial charge in [0.25, 0.3) is 0 Å². The zero-order valence-corrected chi connectivity index (χ0v) is 14.1. The van der Waals surface area contributed by atoms with E-state index in [1.54, 1.807) is 4.31 Å². The largest absolute Gasteiger partial charge is 0.368 e. The molecule has 118 valence electrons.